The maximum Gasteiger partial charge on any atom is 0.257 e. The minimum absolute atomic E-state index is 0.111. The molecule has 1 fully saturated rings. The standard InChI is InChI=1S/C17H26N2OS/c1-16(2)9-11-12(15(20)19-7-5-6-8-19)14(18)21-13(11)17(3,4)10-16/h5-10,18H2,1-4H3. The third-order valence-corrected chi connectivity index (χ3v) is 6.26. The SMILES string of the molecule is CC1(C)Cc2c(sc(N)c2C(=O)N2CCCC2)C(C)(C)C1. The fourth-order valence-corrected chi connectivity index (χ4v) is 5.51. The number of fused-ring (bicyclic) bond motifs is 1. The molecule has 0 atom stereocenters. The summed E-state index contributed by atoms with van der Waals surface area (Å²) in [5.41, 5.74) is 8.66. The van der Waals surface area contributed by atoms with Gasteiger partial charge in [0.2, 0.25) is 0 Å². The molecule has 0 radical (unpaired) electrons. The second-order valence-corrected chi connectivity index (χ2v) is 9.10. The number of thiophene rings is 1. The topological polar surface area (TPSA) is 46.3 Å². The molecule has 1 aliphatic heterocycles. The molecule has 0 bridgehead atoms. The molecular weight excluding hydrogens is 280 g/mol. The molecule has 1 saturated heterocycles. The summed E-state index contributed by atoms with van der Waals surface area (Å²) in [7, 11) is 0. The summed E-state index contributed by atoms with van der Waals surface area (Å²) in [6, 6.07) is 0. The molecule has 1 aromatic heterocycles. The molecule has 116 valence electrons. The monoisotopic (exact) mass is 306 g/mol. The molecule has 1 aromatic rings. The molecule has 4 heteroatoms. The molecule has 3 rings (SSSR count). The van der Waals surface area contributed by atoms with Crippen LogP contribution in [0.25, 0.3) is 0 Å². The van der Waals surface area contributed by atoms with Crippen LogP contribution < -0.4 is 5.73 Å². The van der Waals surface area contributed by atoms with Gasteiger partial charge in [-0.05, 0) is 42.1 Å². The Labute approximate surface area is 131 Å². The van der Waals surface area contributed by atoms with Gasteiger partial charge in [-0.1, -0.05) is 27.7 Å². The third kappa shape index (κ3) is 2.48. The average molecular weight is 306 g/mol. The summed E-state index contributed by atoms with van der Waals surface area (Å²) >= 11 is 1.64. The molecule has 2 aliphatic rings. The summed E-state index contributed by atoms with van der Waals surface area (Å²) in [4.78, 5) is 16.2. The number of anilines is 1. The molecule has 2 N–H and O–H groups in total. The first-order valence-corrected chi connectivity index (χ1v) is 8.74. The zero-order valence-corrected chi connectivity index (χ0v) is 14.4. The lowest BCUT2D eigenvalue weighted by atomic mass is 9.65. The lowest BCUT2D eigenvalue weighted by Crippen LogP contribution is -2.35. The van der Waals surface area contributed by atoms with Gasteiger partial charge in [0.1, 0.15) is 0 Å². The highest BCUT2D eigenvalue weighted by Crippen LogP contribution is 2.51. The second kappa shape index (κ2) is 4.73. The van der Waals surface area contributed by atoms with E-state index in [0.29, 0.717) is 0 Å². The Morgan fingerprint density at radius 2 is 1.81 bits per heavy atom. The van der Waals surface area contributed by atoms with Gasteiger partial charge in [0.15, 0.2) is 0 Å². The van der Waals surface area contributed by atoms with Gasteiger partial charge in [-0.3, -0.25) is 4.79 Å². The molecule has 0 aromatic carbocycles. The predicted molar refractivity (Wildman–Crippen MR) is 89.0 cm³/mol. The van der Waals surface area contributed by atoms with Crippen LogP contribution in [-0.4, -0.2) is 23.9 Å². The van der Waals surface area contributed by atoms with Crippen LogP contribution in [-0.2, 0) is 11.8 Å². The van der Waals surface area contributed by atoms with E-state index in [2.05, 4.69) is 27.7 Å². The van der Waals surface area contributed by atoms with Crippen molar-refractivity contribution in [3.8, 4) is 0 Å². The first-order valence-electron chi connectivity index (χ1n) is 7.92. The van der Waals surface area contributed by atoms with Crippen molar-refractivity contribution in [2.75, 3.05) is 18.8 Å². The number of nitrogen functional groups attached to an aromatic ring is 1. The van der Waals surface area contributed by atoms with E-state index in [4.69, 9.17) is 5.73 Å². The van der Waals surface area contributed by atoms with E-state index in [-0.39, 0.29) is 16.7 Å². The maximum absolute atomic E-state index is 12.9. The van der Waals surface area contributed by atoms with Gasteiger partial charge in [0.25, 0.3) is 5.91 Å². The molecule has 0 spiro atoms. The Hall–Kier alpha value is -1.03. The number of rotatable bonds is 1. The van der Waals surface area contributed by atoms with Crippen molar-refractivity contribution < 1.29 is 4.79 Å². The Morgan fingerprint density at radius 1 is 1.19 bits per heavy atom. The normalized spacial score (nSPS) is 23.1. The highest BCUT2D eigenvalue weighted by Gasteiger charge is 2.42. The minimum Gasteiger partial charge on any atom is -0.390 e. The summed E-state index contributed by atoms with van der Waals surface area (Å²) in [5.74, 6) is 0.163. The van der Waals surface area contributed by atoms with E-state index < -0.39 is 0 Å². The largest absolute Gasteiger partial charge is 0.390 e. The summed E-state index contributed by atoms with van der Waals surface area (Å²) in [5, 5.41) is 0.725. The van der Waals surface area contributed by atoms with Gasteiger partial charge in [-0.2, -0.15) is 0 Å². The number of nitrogens with zero attached hydrogens (tertiary/aromatic N) is 1. The number of hydrogen-bond acceptors (Lipinski definition) is 3. The van der Waals surface area contributed by atoms with Gasteiger partial charge in [0, 0.05) is 18.0 Å². The van der Waals surface area contributed by atoms with Crippen molar-refractivity contribution in [3.05, 3.63) is 16.0 Å². The maximum atomic E-state index is 12.9. The number of carbonyl (C=O) groups is 1. The van der Waals surface area contributed by atoms with E-state index in [0.717, 1.165) is 49.3 Å². The van der Waals surface area contributed by atoms with Gasteiger partial charge in [0.05, 0.1) is 10.6 Å². The summed E-state index contributed by atoms with van der Waals surface area (Å²) < 4.78 is 0. The van der Waals surface area contributed by atoms with Crippen molar-refractivity contribution in [2.45, 2.75) is 58.8 Å². The first kappa shape index (κ1) is 14.9. The third-order valence-electron chi connectivity index (χ3n) is 4.83. The van der Waals surface area contributed by atoms with Crippen LogP contribution in [0.5, 0.6) is 0 Å². The van der Waals surface area contributed by atoms with E-state index in [1.54, 1.807) is 11.3 Å². The van der Waals surface area contributed by atoms with Crippen LogP contribution in [0.15, 0.2) is 0 Å². The molecule has 1 aliphatic carbocycles. The quantitative estimate of drug-likeness (QED) is 0.857. The van der Waals surface area contributed by atoms with Crippen LogP contribution in [0.4, 0.5) is 5.00 Å². The fraction of sp³-hybridized carbons (Fsp3) is 0.706. The highest BCUT2D eigenvalue weighted by molar-refractivity contribution is 7.16. The number of hydrogen-bond donors (Lipinski definition) is 1. The van der Waals surface area contributed by atoms with E-state index in [9.17, 15) is 4.79 Å². The number of nitrogens with two attached hydrogens (primary N) is 1. The van der Waals surface area contributed by atoms with E-state index in [1.807, 2.05) is 4.90 Å². The van der Waals surface area contributed by atoms with Crippen LogP contribution in [0.2, 0.25) is 0 Å². The van der Waals surface area contributed by atoms with Crippen molar-refractivity contribution in [3.63, 3.8) is 0 Å². The van der Waals surface area contributed by atoms with Crippen molar-refractivity contribution in [1.82, 2.24) is 4.90 Å². The van der Waals surface area contributed by atoms with Gasteiger partial charge in [-0.25, -0.2) is 0 Å². The Morgan fingerprint density at radius 3 is 2.43 bits per heavy atom. The molecule has 1 amide bonds. The molecule has 3 nitrogen and oxygen atoms in total. The zero-order valence-electron chi connectivity index (χ0n) is 13.6. The summed E-state index contributed by atoms with van der Waals surface area (Å²) in [6.45, 7) is 10.9. The van der Waals surface area contributed by atoms with Crippen LogP contribution in [0.3, 0.4) is 0 Å². The van der Waals surface area contributed by atoms with Gasteiger partial charge in [-0.15, -0.1) is 11.3 Å². The number of likely N-dealkylation sites (tertiary alicyclic amines) is 1. The van der Waals surface area contributed by atoms with Crippen molar-refractivity contribution >= 4 is 22.2 Å². The van der Waals surface area contributed by atoms with Gasteiger partial charge >= 0.3 is 0 Å². The van der Waals surface area contributed by atoms with Crippen LogP contribution >= 0.6 is 11.3 Å². The fourth-order valence-electron chi connectivity index (χ4n) is 4.33. The molecule has 0 unspecified atom stereocenters. The van der Waals surface area contributed by atoms with Crippen LogP contribution in [0.1, 0.15) is 67.8 Å². The predicted octanol–water partition coefficient (Wildman–Crippen LogP) is 3.82. The Kier molecular flexibility index (Phi) is 3.36. The average Bonchev–Trinajstić information content (AvgIpc) is 2.94. The number of amides is 1. The molecule has 2 heterocycles. The molecule has 0 saturated carbocycles. The minimum atomic E-state index is 0.111. The first-order chi connectivity index (χ1) is 9.71. The zero-order chi connectivity index (χ0) is 15.4. The van der Waals surface area contributed by atoms with E-state index in [1.165, 1.54) is 10.4 Å². The van der Waals surface area contributed by atoms with E-state index >= 15 is 0 Å². The molecule has 21 heavy (non-hydrogen) atoms. The lowest BCUT2D eigenvalue weighted by Gasteiger charge is -2.40. The Bertz CT molecular complexity index is 580. The number of carbonyl (C=O) groups excluding carboxylic acids is 1. The van der Waals surface area contributed by atoms with Crippen molar-refractivity contribution in [1.29, 1.82) is 0 Å². The van der Waals surface area contributed by atoms with Gasteiger partial charge < -0.3 is 10.6 Å². The lowest BCUT2D eigenvalue weighted by molar-refractivity contribution is 0.0791. The highest BCUT2D eigenvalue weighted by atomic mass is 32.1. The smallest absolute Gasteiger partial charge is 0.257 e. The second-order valence-electron chi connectivity index (χ2n) is 8.05. The van der Waals surface area contributed by atoms with Crippen molar-refractivity contribution in [2.24, 2.45) is 5.41 Å². The summed E-state index contributed by atoms with van der Waals surface area (Å²) in [6.07, 6.45) is 4.35. The van der Waals surface area contributed by atoms with Crippen LogP contribution in [0, 0.1) is 5.41 Å². The Balaban J connectivity index is 2.07. The molecular formula is C17H26N2OS.